The average Bonchev–Trinajstić information content (AvgIpc) is 3.12. The number of amides is 1. The molecule has 1 amide bonds. The van der Waals surface area contributed by atoms with Gasteiger partial charge in [-0.25, -0.2) is 5.06 Å². The molecule has 3 atom stereocenters. The third kappa shape index (κ3) is 2.83. The summed E-state index contributed by atoms with van der Waals surface area (Å²) in [6, 6.07) is 0. The van der Waals surface area contributed by atoms with Crippen molar-refractivity contribution in [3.8, 4) is 0 Å². The zero-order valence-corrected chi connectivity index (χ0v) is 12.1. The third-order valence-electron chi connectivity index (χ3n) is 4.64. The number of hydrogen-bond donors (Lipinski definition) is 0. The molecule has 3 fully saturated rings. The molecule has 3 saturated heterocycles. The molecule has 3 heterocycles. The SMILES string of the molecule is COCCN1C[C@@H]2COC[C@@H](C(=O)N3CCCO3)[C@@H]2C1. The Morgan fingerprint density at radius 3 is 3.00 bits per heavy atom. The molecule has 0 spiro atoms. The zero-order chi connectivity index (χ0) is 13.9. The molecule has 0 unspecified atom stereocenters. The van der Waals surface area contributed by atoms with E-state index >= 15 is 0 Å². The maximum absolute atomic E-state index is 12.5. The highest BCUT2D eigenvalue weighted by molar-refractivity contribution is 5.78. The lowest BCUT2D eigenvalue weighted by atomic mass is 9.82. The van der Waals surface area contributed by atoms with Gasteiger partial charge in [-0.15, -0.1) is 0 Å². The number of likely N-dealkylation sites (tertiary alicyclic amines) is 1. The Hall–Kier alpha value is -0.690. The fraction of sp³-hybridized carbons (Fsp3) is 0.929. The van der Waals surface area contributed by atoms with Crippen molar-refractivity contribution >= 4 is 5.91 Å². The molecular weight excluding hydrogens is 260 g/mol. The van der Waals surface area contributed by atoms with E-state index in [1.54, 1.807) is 12.2 Å². The number of ether oxygens (including phenoxy) is 2. The van der Waals surface area contributed by atoms with Gasteiger partial charge in [-0.2, -0.15) is 0 Å². The first-order valence-corrected chi connectivity index (χ1v) is 7.53. The molecule has 0 saturated carbocycles. The van der Waals surface area contributed by atoms with Gasteiger partial charge < -0.3 is 14.4 Å². The Bertz CT molecular complexity index is 346. The first kappa shape index (κ1) is 14.3. The minimum atomic E-state index is -0.0422. The van der Waals surface area contributed by atoms with E-state index in [2.05, 4.69) is 4.90 Å². The van der Waals surface area contributed by atoms with E-state index < -0.39 is 0 Å². The van der Waals surface area contributed by atoms with Crippen molar-refractivity contribution in [2.45, 2.75) is 6.42 Å². The lowest BCUT2D eigenvalue weighted by Gasteiger charge is -2.33. The summed E-state index contributed by atoms with van der Waals surface area (Å²) in [7, 11) is 1.73. The van der Waals surface area contributed by atoms with Crippen LogP contribution in [-0.2, 0) is 19.1 Å². The Morgan fingerprint density at radius 1 is 1.35 bits per heavy atom. The normalized spacial score (nSPS) is 34.5. The lowest BCUT2D eigenvalue weighted by molar-refractivity contribution is -0.181. The summed E-state index contributed by atoms with van der Waals surface area (Å²) in [5.74, 6) is 0.944. The van der Waals surface area contributed by atoms with Gasteiger partial charge in [0.25, 0.3) is 5.91 Å². The standard InChI is InChI=1S/C14H24N2O4/c1-18-6-4-15-7-11-9-19-10-13(12(11)8-15)14(17)16-3-2-5-20-16/h11-13H,2-10H2,1H3/t11-,12-,13-/m1/s1. The summed E-state index contributed by atoms with van der Waals surface area (Å²) in [6.45, 7) is 6.36. The van der Waals surface area contributed by atoms with E-state index in [0.29, 0.717) is 25.0 Å². The van der Waals surface area contributed by atoms with Crippen LogP contribution >= 0.6 is 0 Å². The fourth-order valence-electron chi connectivity index (χ4n) is 3.55. The van der Waals surface area contributed by atoms with E-state index in [9.17, 15) is 4.79 Å². The monoisotopic (exact) mass is 284 g/mol. The van der Waals surface area contributed by atoms with Gasteiger partial charge in [0.05, 0.1) is 38.9 Å². The van der Waals surface area contributed by atoms with E-state index in [-0.39, 0.29) is 11.8 Å². The highest BCUT2D eigenvalue weighted by atomic mass is 16.7. The van der Waals surface area contributed by atoms with E-state index in [1.807, 2.05) is 0 Å². The molecule has 0 aromatic heterocycles. The molecule has 0 aliphatic carbocycles. The highest BCUT2D eigenvalue weighted by Crippen LogP contribution is 2.35. The highest BCUT2D eigenvalue weighted by Gasteiger charge is 2.45. The lowest BCUT2D eigenvalue weighted by Crippen LogP contribution is -2.45. The van der Waals surface area contributed by atoms with Crippen molar-refractivity contribution in [2.75, 3.05) is 59.7 Å². The van der Waals surface area contributed by atoms with Crippen LogP contribution in [0.15, 0.2) is 0 Å². The first-order valence-electron chi connectivity index (χ1n) is 7.53. The molecule has 6 nitrogen and oxygen atoms in total. The van der Waals surface area contributed by atoms with Crippen LogP contribution in [-0.4, -0.2) is 75.6 Å². The summed E-state index contributed by atoms with van der Waals surface area (Å²) >= 11 is 0. The number of fused-ring (bicyclic) bond motifs is 1. The van der Waals surface area contributed by atoms with Gasteiger partial charge in [-0.05, 0) is 18.3 Å². The van der Waals surface area contributed by atoms with Crippen molar-refractivity contribution in [3.05, 3.63) is 0 Å². The van der Waals surface area contributed by atoms with E-state index in [4.69, 9.17) is 14.3 Å². The van der Waals surface area contributed by atoms with Crippen molar-refractivity contribution in [3.63, 3.8) is 0 Å². The second-order valence-corrected chi connectivity index (χ2v) is 5.95. The largest absolute Gasteiger partial charge is 0.383 e. The van der Waals surface area contributed by atoms with Gasteiger partial charge in [-0.1, -0.05) is 0 Å². The summed E-state index contributed by atoms with van der Waals surface area (Å²) in [4.78, 5) is 20.3. The number of hydrogen-bond acceptors (Lipinski definition) is 5. The summed E-state index contributed by atoms with van der Waals surface area (Å²) in [5.41, 5.74) is 0. The summed E-state index contributed by atoms with van der Waals surface area (Å²) in [5, 5.41) is 1.55. The number of carbonyl (C=O) groups excluding carboxylic acids is 1. The Labute approximate surface area is 119 Å². The topological polar surface area (TPSA) is 51.2 Å². The molecule has 3 aliphatic rings. The van der Waals surface area contributed by atoms with Crippen LogP contribution in [0.1, 0.15) is 6.42 Å². The van der Waals surface area contributed by atoms with Crippen molar-refractivity contribution in [1.29, 1.82) is 0 Å². The molecule has 0 radical (unpaired) electrons. The maximum Gasteiger partial charge on any atom is 0.251 e. The number of carbonyl (C=O) groups is 1. The van der Waals surface area contributed by atoms with E-state index in [0.717, 1.165) is 45.8 Å². The van der Waals surface area contributed by atoms with Crippen LogP contribution in [0.5, 0.6) is 0 Å². The average molecular weight is 284 g/mol. The predicted octanol–water partition coefficient (Wildman–Crippen LogP) is -0.00890. The number of methoxy groups -OCH3 is 1. The molecule has 0 aromatic rings. The molecular formula is C14H24N2O4. The molecule has 0 aromatic carbocycles. The summed E-state index contributed by atoms with van der Waals surface area (Å²) < 4.78 is 10.8. The number of hydroxylamine groups is 2. The van der Waals surface area contributed by atoms with Crippen molar-refractivity contribution < 1.29 is 19.1 Å². The Morgan fingerprint density at radius 2 is 2.25 bits per heavy atom. The first-order chi connectivity index (χ1) is 9.79. The van der Waals surface area contributed by atoms with Gasteiger partial charge in [0.2, 0.25) is 0 Å². The van der Waals surface area contributed by atoms with Crippen LogP contribution in [0.4, 0.5) is 0 Å². The molecule has 0 bridgehead atoms. The molecule has 20 heavy (non-hydrogen) atoms. The van der Waals surface area contributed by atoms with Gasteiger partial charge in [0, 0.05) is 26.7 Å². The number of rotatable bonds is 4. The van der Waals surface area contributed by atoms with Gasteiger partial charge in [0.15, 0.2) is 0 Å². The van der Waals surface area contributed by atoms with Crippen LogP contribution < -0.4 is 0 Å². The third-order valence-corrected chi connectivity index (χ3v) is 4.64. The number of nitrogens with zero attached hydrogens (tertiary/aromatic N) is 2. The smallest absolute Gasteiger partial charge is 0.251 e. The van der Waals surface area contributed by atoms with Gasteiger partial charge >= 0.3 is 0 Å². The predicted molar refractivity (Wildman–Crippen MR) is 71.9 cm³/mol. The van der Waals surface area contributed by atoms with E-state index in [1.165, 1.54) is 0 Å². The van der Waals surface area contributed by atoms with Crippen LogP contribution in [0, 0.1) is 17.8 Å². The second-order valence-electron chi connectivity index (χ2n) is 5.95. The maximum atomic E-state index is 12.5. The van der Waals surface area contributed by atoms with Gasteiger partial charge in [0.1, 0.15) is 0 Å². The molecule has 114 valence electrons. The van der Waals surface area contributed by atoms with Crippen LogP contribution in [0.25, 0.3) is 0 Å². The molecule has 0 N–H and O–H groups in total. The quantitative estimate of drug-likeness (QED) is 0.727. The van der Waals surface area contributed by atoms with Crippen molar-refractivity contribution in [2.24, 2.45) is 17.8 Å². The molecule has 6 heteroatoms. The minimum Gasteiger partial charge on any atom is -0.383 e. The zero-order valence-electron chi connectivity index (χ0n) is 12.1. The Kier molecular flexibility index (Phi) is 4.55. The van der Waals surface area contributed by atoms with Crippen LogP contribution in [0.3, 0.4) is 0 Å². The molecule has 3 aliphatic heterocycles. The summed E-state index contributed by atoms with van der Waals surface area (Å²) in [6.07, 6.45) is 0.938. The van der Waals surface area contributed by atoms with Crippen LogP contribution in [0.2, 0.25) is 0 Å². The van der Waals surface area contributed by atoms with Gasteiger partial charge in [-0.3, -0.25) is 9.63 Å². The second kappa shape index (κ2) is 6.39. The minimum absolute atomic E-state index is 0.0422. The van der Waals surface area contributed by atoms with Crippen molar-refractivity contribution in [1.82, 2.24) is 9.96 Å². The Balaban J connectivity index is 1.62. The fourth-order valence-corrected chi connectivity index (χ4v) is 3.55. The molecule has 3 rings (SSSR count).